The van der Waals surface area contributed by atoms with Gasteiger partial charge in [0, 0.05) is 36.6 Å². The Bertz CT molecular complexity index is 479. The predicted molar refractivity (Wildman–Crippen MR) is 81.5 cm³/mol. The molecule has 102 valence electrons. The van der Waals surface area contributed by atoms with Crippen molar-refractivity contribution >= 4 is 11.3 Å². The summed E-state index contributed by atoms with van der Waals surface area (Å²) < 4.78 is 0. The van der Waals surface area contributed by atoms with Gasteiger partial charge >= 0.3 is 0 Å². The zero-order valence-corrected chi connectivity index (χ0v) is 12.3. The summed E-state index contributed by atoms with van der Waals surface area (Å²) in [5.74, 6) is 0.435. The number of rotatable bonds is 6. The van der Waals surface area contributed by atoms with Crippen molar-refractivity contribution in [2.45, 2.75) is 25.8 Å². The Kier molecular flexibility index (Phi) is 5.07. The van der Waals surface area contributed by atoms with Gasteiger partial charge in [0.25, 0.3) is 0 Å². The van der Waals surface area contributed by atoms with Gasteiger partial charge in [0.15, 0.2) is 0 Å². The molecule has 1 heterocycles. The van der Waals surface area contributed by atoms with Crippen molar-refractivity contribution in [1.29, 1.82) is 0 Å². The second-order valence-corrected chi connectivity index (χ2v) is 5.87. The average molecular weight is 275 g/mol. The number of nitrogens with one attached hydrogen (secondary N) is 1. The van der Waals surface area contributed by atoms with Crippen molar-refractivity contribution in [2.24, 2.45) is 5.73 Å². The van der Waals surface area contributed by atoms with E-state index < -0.39 is 0 Å². The molecule has 2 atom stereocenters. The molecule has 1 aromatic carbocycles. The predicted octanol–water partition coefficient (Wildman–Crippen LogP) is 2.84. The second kappa shape index (κ2) is 6.80. The minimum atomic E-state index is 0.0455. The number of thiazole rings is 1. The lowest BCUT2D eigenvalue weighted by Gasteiger charge is -2.15. The molecular weight excluding hydrogens is 254 g/mol. The van der Waals surface area contributed by atoms with Crippen molar-refractivity contribution in [3.05, 3.63) is 52.0 Å². The van der Waals surface area contributed by atoms with Crippen LogP contribution >= 0.6 is 11.3 Å². The topological polar surface area (TPSA) is 50.9 Å². The molecular formula is C15H21N3S. The number of hydrogen-bond acceptors (Lipinski definition) is 4. The van der Waals surface area contributed by atoms with Crippen LogP contribution in [-0.4, -0.2) is 18.1 Å². The van der Waals surface area contributed by atoms with Crippen LogP contribution in [0.2, 0.25) is 0 Å². The molecule has 1 aromatic heterocycles. The minimum absolute atomic E-state index is 0.0455. The largest absolute Gasteiger partial charge is 0.323 e. The fourth-order valence-electron chi connectivity index (χ4n) is 1.95. The van der Waals surface area contributed by atoms with Gasteiger partial charge in [0.1, 0.15) is 0 Å². The second-order valence-electron chi connectivity index (χ2n) is 4.95. The smallest absolute Gasteiger partial charge is 0.0965 e. The average Bonchev–Trinajstić information content (AvgIpc) is 2.93. The lowest BCUT2D eigenvalue weighted by atomic mass is 10.1. The van der Waals surface area contributed by atoms with Crippen LogP contribution in [0.1, 0.15) is 35.0 Å². The normalized spacial score (nSPS) is 14.3. The standard InChI is InChI=1S/C15H21N3S/c1-11-3-5-13(6-4-11)14(16)10-17-9-12(2)15-18-7-8-19-15/h3-8,12,14,17H,9-10,16H2,1-2H3. The van der Waals surface area contributed by atoms with Gasteiger partial charge in [-0.1, -0.05) is 36.8 Å². The van der Waals surface area contributed by atoms with Gasteiger partial charge in [-0.2, -0.15) is 0 Å². The molecule has 0 saturated carbocycles. The fourth-order valence-corrected chi connectivity index (χ4v) is 2.65. The lowest BCUT2D eigenvalue weighted by Crippen LogP contribution is -2.29. The van der Waals surface area contributed by atoms with E-state index in [-0.39, 0.29) is 6.04 Å². The highest BCUT2D eigenvalue weighted by Crippen LogP contribution is 2.16. The minimum Gasteiger partial charge on any atom is -0.323 e. The first kappa shape index (κ1) is 14.2. The Hall–Kier alpha value is -1.23. The molecule has 0 fully saturated rings. The number of nitrogens with zero attached hydrogens (tertiary/aromatic N) is 1. The third kappa shape index (κ3) is 4.13. The molecule has 2 aromatic rings. The third-order valence-corrected chi connectivity index (χ3v) is 4.20. The maximum atomic E-state index is 6.17. The van der Waals surface area contributed by atoms with Gasteiger partial charge in [-0.25, -0.2) is 4.98 Å². The van der Waals surface area contributed by atoms with Crippen LogP contribution in [0, 0.1) is 6.92 Å². The van der Waals surface area contributed by atoms with E-state index in [1.807, 2.05) is 11.6 Å². The summed E-state index contributed by atoms with van der Waals surface area (Å²) >= 11 is 1.71. The van der Waals surface area contributed by atoms with Crippen molar-refractivity contribution < 1.29 is 0 Å². The Morgan fingerprint density at radius 2 is 2.00 bits per heavy atom. The summed E-state index contributed by atoms with van der Waals surface area (Å²) in [6.07, 6.45) is 1.86. The van der Waals surface area contributed by atoms with Crippen molar-refractivity contribution in [3.63, 3.8) is 0 Å². The number of nitrogens with two attached hydrogens (primary N) is 1. The molecule has 3 nitrogen and oxygen atoms in total. The molecule has 2 unspecified atom stereocenters. The first-order valence-corrected chi connectivity index (χ1v) is 7.47. The van der Waals surface area contributed by atoms with E-state index in [4.69, 9.17) is 5.73 Å². The summed E-state index contributed by atoms with van der Waals surface area (Å²) in [7, 11) is 0. The van der Waals surface area contributed by atoms with Gasteiger partial charge < -0.3 is 11.1 Å². The van der Waals surface area contributed by atoms with E-state index in [0.29, 0.717) is 5.92 Å². The molecule has 3 N–H and O–H groups in total. The summed E-state index contributed by atoms with van der Waals surface area (Å²) in [6.45, 7) is 5.97. The fraction of sp³-hybridized carbons (Fsp3) is 0.400. The van der Waals surface area contributed by atoms with E-state index in [1.54, 1.807) is 11.3 Å². The van der Waals surface area contributed by atoms with E-state index >= 15 is 0 Å². The van der Waals surface area contributed by atoms with Crippen molar-refractivity contribution in [3.8, 4) is 0 Å². The van der Waals surface area contributed by atoms with Crippen LogP contribution in [0.4, 0.5) is 0 Å². The number of aryl methyl sites for hydroxylation is 1. The molecule has 0 spiro atoms. The summed E-state index contributed by atoms with van der Waals surface area (Å²) in [4.78, 5) is 4.33. The van der Waals surface area contributed by atoms with Crippen LogP contribution in [0.25, 0.3) is 0 Å². The van der Waals surface area contributed by atoms with E-state index in [0.717, 1.165) is 13.1 Å². The van der Waals surface area contributed by atoms with E-state index in [2.05, 4.69) is 48.4 Å². The summed E-state index contributed by atoms with van der Waals surface area (Å²) in [5, 5.41) is 6.62. The van der Waals surface area contributed by atoms with E-state index in [1.165, 1.54) is 16.1 Å². The monoisotopic (exact) mass is 275 g/mol. The zero-order valence-electron chi connectivity index (χ0n) is 11.5. The van der Waals surface area contributed by atoms with Crippen molar-refractivity contribution in [1.82, 2.24) is 10.3 Å². The van der Waals surface area contributed by atoms with Crippen LogP contribution in [0.15, 0.2) is 35.8 Å². The highest BCUT2D eigenvalue weighted by molar-refractivity contribution is 7.09. The number of aromatic nitrogens is 1. The highest BCUT2D eigenvalue weighted by Gasteiger charge is 2.09. The molecule has 0 saturated heterocycles. The summed E-state index contributed by atoms with van der Waals surface area (Å²) in [5.41, 5.74) is 8.62. The van der Waals surface area contributed by atoms with Crippen molar-refractivity contribution in [2.75, 3.05) is 13.1 Å². The Morgan fingerprint density at radius 1 is 1.26 bits per heavy atom. The molecule has 0 aliphatic carbocycles. The zero-order chi connectivity index (χ0) is 13.7. The van der Waals surface area contributed by atoms with Crippen LogP contribution in [0.5, 0.6) is 0 Å². The Balaban J connectivity index is 1.77. The van der Waals surface area contributed by atoms with Crippen LogP contribution in [0.3, 0.4) is 0 Å². The number of hydrogen-bond donors (Lipinski definition) is 2. The molecule has 2 rings (SSSR count). The number of benzene rings is 1. The van der Waals surface area contributed by atoms with Gasteiger partial charge in [-0.3, -0.25) is 0 Å². The molecule has 19 heavy (non-hydrogen) atoms. The van der Waals surface area contributed by atoms with Crippen LogP contribution < -0.4 is 11.1 Å². The maximum Gasteiger partial charge on any atom is 0.0965 e. The molecule has 0 bridgehead atoms. The molecule has 0 radical (unpaired) electrons. The van der Waals surface area contributed by atoms with Crippen LogP contribution in [-0.2, 0) is 0 Å². The molecule has 4 heteroatoms. The lowest BCUT2D eigenvalue weighted by molar-refractivity contribution is 0.561. The van der Waals surface area contributed by atoms with Gasteiger partial charge in [-0.05, 0) is 12.5 Å². The molecule has 0 amide bonds. The SMILES string of the molecule is Cc1ccc(C(N)CNCC(C)c2nccs2)cc1. The van der Waals surface area contributed by atoms with E-state index in [9.17, 15) is 0 Å². The van der Waals surface area contributed by atoms with Gasteiger partial charge in [0.05, 0.1) is 5.01 Å². The highest BCUT2D eigenvalue weighted by atomic mass is 32.1. The van der Waals surface area contributed by atoms with Gasteiger partial charge in [0.2, 0.25) is 0 Å². The molecule has 0 aliphatic rings. The third-order valence-electron chi connectivity index (χ3n) is 3.19. The molecule has 0 aliphatic heterocycles. The maximum absolute atomic E-state index is 6.17. The first-order chi connectivity index (χ1) is 9.16. The first-order valence-electron chi connectivity index (χ1n) is 6.59. The quantitative estimate of drug-likeness (QED) is 0.852. The Labute approximate surface area is 118 Å². The van der Waals surface area contributed by atoms with Gasteiger partial charge in [-0.15, -0.1) is 11.3 Å². The Morgan fingerprint density at radius 3 is 2.63 bits per heavy atom. The summed E-state index contributed by atoms with van der Waals surface area (Å²) in [6, 6.07) is 8.46.